The average molecular weight is 1030 g/mol. The lowest BCUT2D eigenvalue weighted by Gasteiger charge is -2.65. The lowest BCUT2D eigenvalue weighted by Crippen LogP contribution is -2.67. The Balaban J connectivity index is 1.04. The fraction of sp³-hybridized carbons (Fsp3) is 0.810. The van der Waals surface area contributed by atoms with Crippen molar-refractivity contribution in [1.29, 1.82) is 0 Å². The minimum Gasteiger partial charge on any atom is -0.392 e. The number of carbonyl (C=O) groups excluding carboxylic acids is 1. The molecule has 396 valence electrons. The van der Waals surface area contributed by atoms with Crippen LogP contribution in [0.2, 0.25) is 0 Å². The molecule has 11 aliphatic rings. The van der Waals surface area contributed by atoms with Crippen molar-refractivity contribution >= 4 is 33.3 Å². The van der Waals surface area contributed by atoms with Crippen LogP contribution in [0.25, 0.3) is 0 Å². The molecule has 1 saturated heterocycles. The summed E-state index contributed by atoms with van der Waals surface area (Å²) in [5.41, 5.74) is 11.1. The van der Waals surface area contributed by atoms with E-state index in [0.29, 0.717) is 48.4 Å². The first-order valence-corrected chi connectivity index (χ1v) is 30.9. The summed E-state index contributed by atoms with van der Waals surface area (Å²) in [5, 5.41) is 68.5. The molecule has 6 bridgehead atoms. The Morgan fingerprint density at radius 3 is 2.54 bits per heavy atom. The Kier molecular flexibility index (Phi) is 12.8. The Bertz CT molecular complexity index is 2420. The van der Waals surface area contributed by atoms with E-state index >= 15 is 4.79 Å². The number of imidazole rings is 1. The minimum absolute atomic E-state index is 0.0463. The normalized spacial score (nSPS) is 48.8. The third kappa shape index (κ3) is 7.36. The Hall–Kier alpha value is -2.17. The van der Waals surface area contributed by atoms with E-state index in [9.17, 15) is 25.5 Å². The van der Waals surface area contributed by atoms with Crippen molar-refractivity contribution in [3.63, 3.8) is 0 Å². The van der Waals surface area contributed by atoms with E-state index in [1.54, 1.807) is 35.3 Å². The summed E-state index contributed by atoms with van der Waals surface area (Å²) in [6, 6.07) is 0.180. The highest BCUT2D eigenvalue weighted by Crippen LogP contribution is 2.75. The molecule has 2 heterocycles. The number of nitrogens with two attached hydrogens (primary N) is 1. The smallest absolute Gasteiger partial charge is 0.190 e. The van der Waals surface area contributed by atoms with E-state index in [4.69, 9.17) is 10.7 Å². The van der Waals surface area contributed by atoms with Crippen LogP contribution in [0.5, 0.6) is 0 Å². The molecule has 0 unspecified atom stereocenters. The van der Waals surface area contributed by atoms with Gasteiger partial charge in [-0.3, -0.25) is 9.79 Å². The van der Waals surface area contributed by atoms with Crippen molar-refractivity contribution in [2.45, 2.75) is 167 Å². The van der Waals surface area contributed by atoms with Crippen LogP contribution >= 0.6 is 21.6 Å². The third-order valence-electron chi connectivity index (χ3n) is 23.0. The van der Waals surface area contributed by atoms with Crippen LogP contribution in [0.3, 0.4) is 0 Å². The molecule has 12 nitrogen and oxygen atoms in total. The van der Waals surface area contributed by atoms with Gasteiger partial charge in [-0.1, -0.05) is 78.0 Å². The number of fused-ring (bicyclic) bond motifs is 14. The van der Waals surface area contributed by atoms with Gasteiger partial charge in [0.15, 0.2) is 11.7 Å². The summed E-state index contributed by atoms with van der Waals surface area (Å²) < 4.78 is 2.34. The molecule has 0 amide bonds. The number of nitrogens with one attached hydrogen (secondary N) is 2. The fourth-order valence-electron chi connectivity index (χ4n) is 21.0. The molecule has 9 N–H and O–H groups in total. The maximum absolute atomic E-state index is 15.2. The van der Waals surface area contributed by atoms with Crippen molar-refractivity contribution in [1.82, 2.24) is 20.2 Å². The van der Waals surface area contributed by atoms with Gasteiger partial charge >= 0.3 is 0 Å². The molecular weight excluding hydrogens is 941 g/mol. The maximum Gasteiger partial charge on any atom is 0.190 e. The first-order chi connectivity index (χ1) is 34.4. The van der Waals surface area contributed by atoms with E-state index in [1.165, 1.54) is 44.9 Å². The zero-order valence-electron chi connectivity index (χ0n) is 43.9. The van der Waals surface area contributed by atoms with Crippen molar-refractivity contribution in [3.8, 4) is 0 Å². The number of aliphatic hydroxyl groups is 5. The molecule has 8 fully saturated rings. The highest BCUT2D eigenvalue weighted by Gasteiger charge is 2.74. The van der Waals surface area contributed by atoms with Crippen molar-refractivity contribution < 1.29 is 30.3 Å². The third-order valence-corrected chi connectivity index (χ3v) is 25.6. The molecule has 7 saturated carbocycles. The Morgan fingerprint density at radius 2 is 1.78 bits per heavy atom. The molecule has 1 aromatic rings. The van der Waals surface area contributed by atoms with Crippen LogP contribution in [0.1, 0.15) is 137 Å². The van der Waals surface area contributed by atoms with E-state index in [-0.39, 0.29) is 65.1 Å². The van der Waals surface area contributed by atoms with E-state index in [2.05, 4.69) is 54.1 Å². The molecule has 10 aliphatic carbocycles. The van der Waals surface area contributed by atoms with Crippen molar-refractivity contribution in [2.24, 2.45) is 103 Å². The van der Waals surface area contributed by atoms with Gasteiger partial charge in [0.25, 0.3) is 0 Å². The fourth-order valence-corrected chi connectivity index (χ4v) is 23.8. The maximum atomic E-state index is 15.2. The first-order valence-electron chi connectivity index (χ1n) is 28.5. The summed E-state index contributed by atoms with van der Waals surface area (Å²) in [5.74, 6) is 1.99. The van der Waals surface area contributed by atoms with Gasteiger partial charge in [-0.15, -0.1) is 0 Å². The van der Waals surface area contributed by atoms with Crippen molar-refractivity contribution in [2.75, 3.05) is 31.6 Å². The number of carbonyl (C=O) groups is 1. The van der Waals surface area contributed by atoms with Gasteiger partial charge in [0.1, 0.15) is 6.23 Å². The van der Waals surface area contributed by atoms with Gasteiger partial charge < -0.3 is 46.5 Å². The van der Waals surface area contributed by atoms with Gasteiger partial charge in [-0.25, -0.2) is 4.98 Å². The SMILES string of the molecule is CNC[C@H]1[C@@H](O)[C@@H](O)C[C@]2(C)[C@@H]3C(=CC(=O)[C@H]12)[C@]1(O)[C@H]2CSSC[C@H](n4ccnc4)CC(C)(C)C4=C5C[C@@H]6CC[C@H]7CCC[C@]7(C6)[C@@H]5C5=C6[C@@H](CCC5)C[C@H]([C@H](O)[C@H]64)[C@@H](C2)[C@@]1(C)C[C@@H]3CN=C(N)N[C@@H](C)O. The average Bonchev–Trinajstić information content (AvgIpc) is 4.06. The summed E-state index contributed by atoms with van der Waals surface area (Å²) in [6.45, 7) is 11.8. The number of hydrogen-bond donors (Lipinski definition) is 8. The predicted octanol–water partition coefficient (Wildman–Crippen LogP) is 7.59. The zero-order chi connectivity index (χ0) is 50.4. The highest BCUT2D eigenvalue weighted by atomic mass is 33.1. The molecule has 1 aliphatic heterocycles. The monoisotopic (exact) mass is 1030 g/mol. The lowest BCUT2D eigenvalue weighted by molar-refractivity contribution is -0.183. The number of rotatable bonds is 6. The number of nitrogens with zero attached hydrogens (tertiary/aromatic N) is 3. The second-order valence-corrected chi connectivity index (χ2v) is 29.5. The number of aliphatic imine (C=N–C) groups is 1. The number of aliphatic hydroxyl groups excluding tert-OH is 4. The van der Waals surface area contributed by atoms with Crippen LogP contribution in [-0.4, -0.2) is 109 Å². The summed E-state index contributed by atoms with van der Waals surface area (Å²) >= 11 is 0. The topological polar surface area (TPSA) is 198 Å². The van der Waals surface area contributed by atoms with Crippen molar-refractivity contribution in [3.05, 3.63) is 52.7 Å². The molecule has 1 aromatic heterocycles. The first kappa shape index (κ1) is 50.6. The van der Waals surface area contributed by atoms with Gasteiger partial charge in [0.05, 0.1) is 30.2 Å². The Labute approximate surface area is 436 Å². The number of guanidine groups is 1. The standard InChI is InChI=1S/C58H86N6O6S2/c1-30(65)63-53(59)62-25-33-22-56(5)41-19-35(58(56,70)42-20-43(66)49-40(26-60-6)51(68)44(67)24-55(49,4)47(33)42)27-71-72-28-36(64-16-15-61-29-64)23-54(2,3)50-39-17-31-12-13-34-10-8-14-57(34,21-31)48(39)37-11-7-9-32-18-38(41)52(69)46(50)45(32)37/h15-16,20,29-36,38,40-41,44,46-49,51-52,60,65,67-70H,7-14,17-19,21-28H2,1-6H3,(H3,59,62,63)/t30-,31+,32+,33-,34-,35-,36-,38+,40-,41-,44+,46-,47+,48-,49+,51-,52+,55-,56-,57-,58-/m1/s1. The van der Waals surface area contributed by atoms with E-state index in [0.717, 1.165) is 55.8 Å². The summed E-state index contributed by atoms with van der Waals surface area (Å²) in [7, 11) is 5.59. The number of ketones is 1. The molecule has 0 radical (unpaired) electrons. The van der Waals surface area contributed by atoms with Gasteiger partial charge in [-0.2, -0.15) is 0 Å². The van der Waals surface area contributed by atoms with Crippen LogP contribution in [-0.2, 0) is 4.79 Å². The Morgan fingerprint density at radius 1 is 0.972 bits per heavy atom. The van der Waals surface area contributed by atoms with Gasteiger partial charge in [0.2, 0.25) is 0 Å². The number of hydrogen-bond acceptors (Lipinski definition) is 11. The van der Waals surface area contributed by atoms with E-state index in [1.807, 2.05) is 41.2 Å². The molecule has 14 heteroatoms. The molecule has 72 heavy (non-hydrogen) atoms. The summed E-state index contributed by atoms with van der Waals surface area (Å²) in [4.78, 5) is 24.8. The molecular formula is C58H86N6O6S2. The molecule has 12 rings (SSSR count). The van der Waals surface area contributed by atoms with Crippen LogP contribution in [0, 0.1) is 92.7 Å². The summed E-state index contributed by atoms with van der Waals surface area (Å²) in [6.07, 6.45) is 20.5. The van der Waals surface area contributed by atoms with Crippen LogP contribution in [0.4, 0.5) is 0 Å². The quantitative estimate of drug-likeness (QED) is 0.0458. The second-order valence-electron chi connectivity index (χ2n) is 27.0. The zero-order valence-corrected chi connectivity index (χ0v) is 45.6. The van der Waals surface area contributed by atoms with Gasteiger partial charge in [0, 0.05) is 78.0 Å². The number of aromatic nitrogens is 2. The molecule has 1 spiro atoms. The second kappa shape index (κ2) is 18.2. The minimum atomic E-state index is -1.39. The molecule has 21 atom stereocenters. The van der Waals surface area contributed by atoms with Gasteiger partial charge in [-0.05, 0) is 173 Å². The highest BCUT2D eigenvalue weighted by molar-refractivity contribution is 8.76. The lowest BCUT2D eigenvalue weighted by atomic mass is 9.40. The number of allylic oxidation sites excluding steroid dienone is 3. The van der Waals surface area contributed by atoms with Crippen LogP contribution in [0.15, 0.2) is 57.7 Å². The van der Waals surface area contributed by atoms with E-state index < -0.39 is 52.8 Å². The largest absolute Gasteiger partial charge is 0.392 e. The predicted molar refractivity (Wildman–Crippen MR) is 285 cm³/mol. The molecule has 0 aromatic carbocycles. The van der Waals surface area contributed by atoms with Crippen LogP contribution < -0.4 is 16.4 Å².